The Morgan fingerprint density at radius 2 is 0.683 bits per heavy atom. The molecule has 41 heavy (non-hydrogen) atoms. The van der Waals surface area contributed by atoms with E-state index in [1.807, 2.05) is 0 Å². The van der Waals surface area contributed by atoms with Crippen LogP contribution in [0.5, 0.6) is 23.0 Å². The lowest BCUT2D eigenvalue weighted by molar-refractivity contribution is 0.471. The third-order valence-electron chi connectivity index (χ3n) is 6.31. The van der Waals surface area contributed by atoms with Gasteiger partial charge in [-0.15, -0.1) is 0 Å². The summed E-state index contributed by atoms with van der Waals surface area (Å²) in [5.74, 6) is 1.15. The lowest BCUT2D eigenvalue weighted by Gasteiger charge is -2.19. The molecule has 0 heterocycles. The zero-order chi connectivity index (χ0) is 30.1. The molecule has 4 aromatic carbocycles. The van der Waals surface area contributed by atoms with Crippen LogP contribution < -0.4 is 13.1 Å². The molecule has 0 unspecified atom stereocenters. The molecular formula is C32H34O7S2. The van der Waals surface area contributed by atoms with Crippen molar-refractivity contribution >= 4 is 20.2 Å². The SMILES string of the molecule is CC(C)(C)c1ccc(S(=O)(=O)Oc2ccc(Oc3ccc(OS(=O)(=O)c4ccc(C(C)(C)C)cc4)cc3)cc2)cc1. The van der Waals surface area contributed by atoms with Crippen LogP contribution in [0.4, 0.5) is 0 Å². The molecule has 0 aliphatic rings. The smallest absolute Gasteiger partial charge is 0.339 e. The van der Waals surface area contributed by atoms with Gasteiger partial charge in [0.1, 0.15) is 32.8 Å². The minimum atomic E-state index is -4.00. The van der Waals surface area contributed by atoms with Crippen LogP contribution in [0.3, 0.4) is 0 Å². The molecule has 0 spiro atoms. The van der Waals surface area contributed by atoms with Crippen LogP contribution in [0.25, 0.3) is 0 Å². The fraction of sp³-hybridized carbons (Fsp3) is 0.250. The maximum atomic E-state index is 12.7. The maximum absolute atomic E-state index is 12.7. The summed E-state index contributed by atoms with van der Waals surface area (Å²) in [6.45, 7) is 12.3. The van der Waals surface area contributed by atoms with Crippen molar-refractivity contribution in [3.8, 4) is 23.0 Å². The van der Waals surface area contributed by atoms with E-state index >= 15 is 0 Å². The molecule has 9 heteroatoms. The van der Waals surface area contributed by atoms with E-state index in [1.54, 1.807) is 48.5 Å². The topological polar surface area (TPSA) is 96.0 Å². The zero-order valence-corrected chi connectivity index (χ0v) is 25.5. The van der Waals surface area contributed by atoms with E-state index in [0.29, 0.717) is 11.5 Å². The fourth-order valence-electron chi connectivity index (χ4n) is 3.86. The zero-order valence-electron chi connectivity index (χ0n) is 23.9. The summed E-state index contributed by atoms with van der Waals surface area (Å²) in [5.41, 5.74) is 1.85. The first-order valence-corrected chi connectivity index (χ1v) is 15.8. The first-order chi connectivity index (χ1) is 19.0. The molecule has 0 saturated heterocycles. The Labute approximate surface area is 243 Å². The highest BCUT2D eigenvalue weighted by Crippen LogP contribution is 2.29. The van der Waals surface area contributed by atoms with Crippen molar-refractivity contribution in [1.82, 2.24) is 0 Å². The standard InChI is InChI=1S/C32H34O7S2/c1-31(2,3)23-7-19-29(20-8-23)40(33,34)38-27-15-11-25(12-16-27)37-26-13-17-28(18-14-26)39-41(35,36)30-21-9-24(10-22-30)32(4,5)6/h7-22H,1-6H3. The van der Waals surface area contributed by atoms with Crippen LogP contribution in [-0.4, -0.2) is 16.8 Å². The average molecular weight is 595 g/mol. The van der Waals surface area contributed by atoms with Crippen LogP contribution >= 0.6 is 0 Å². The van der Waals surface area contributed by atoms with Crippen LogP contribution in [-0.2, 0) is 31.1 Å². The first-order valence-electron chi connectivity index (χ1n) is 13.0. The Morgan fingerprint density at radius 3 is 0.951 bits per heavy atom. The maximum Gasteiger partial charge on any atom is 0.339 e. The third kappa shape index (κ3) is 7.68. The van der Waals surface area contributed by atoms with Crippen LogP contribution in [0.2, 0.25) is 0 Å². The monoisotopic (exact) mass is 594 g/mol. The Bertz CT molecular complexity index is 1560. The molecule has 0 atom stereocenters. The lowest BCUT2D eigenvalue weighted by atomic mass is 9.87. The predicted molar refractivity (Wildman–Crippen MR) is 159 cm³/mol. The molecule has 0 bridgehead atoms. The van der Waals surface area contributed by atoms with Crippen molar-refractivity contribution in [1.29, 1.82) is 0 Å². The van der Waals surface area contributed by atoms with E-state index in [9.17, 15) is 16.8 Å². The highest BCUT2D eigenvalue weighted by Gasteiger charge is 2.21. The van der Waals surface area contributed by atoms with Gasteiger partial charge in [-0.05, 0) is 94.8 Å². The Morgan fingerprint density at radius 1 is 0.415 bits per heavy atom. The van der Waals surface area contributed by atoms with Crippen molar-refractivity contribution in [2.75, 3.05) is 0 Å². The van der Waals surface area contributed by atoms with E-state index in [1.165, 1.54) is 48.5 Å². The molecule has 4 rings (SSSR count). The molecule has 0 amide bonds. The van der Waals surface area contributed by atoms with Gasteiger partial charge >= 0.3 is 20.2 Å². The number of hydrogen-bond acceptors (Lipinski definition) is 7. The van der Waals surface area contributed by atoms with E-state index in [0.717, 1.165) is 11.1 Å². The van der Waals surface area contributed by atoms with Crippen LogP contribution in [0.15, 0.2) is 107 Å². The van der Waals surface area contributed by atoms with Gasteiger partial charge in [0, 0.05) is 0 Å². The molecule has 0 aliphatic heterocycles. The minimum absolute atomic E-state index is 0.0667. The highest BCUT2D eigenvalue weighted by molar-refractivity contribution is 7.87. The van der Waals surface area contributed by atoms with Crippen molar-refractivity contribution in [2.45, 2.75) is 62.2 Å². The van der Waals surface area contributed by atoms with Crippen LogP contribution in [0, 0.1) is 0 Å². The second kappa shape index (κ2) is 11.2. The molecule has 216 valence electrons. The molecule has 0 radical (unpaired) electrons. The summed E-state index contributed by atoms with van der Waals surface area (Å²) in [6, 6.07) is 25.5. The Hall–Kier alpha value is -3.82. The van der Waals surface area contributed by atoms with Gasteiger partial charge < -0.3 is 13.1 Å². The molecule has 0 fully saturated rings. The Kier molecular flexibility index (Phi) is 8.25. The summed E-state index contributed by atoms with van der Waals surface area (Å²) in [5, 5.41) is 0. The van der Waals surface area contributed by atoms with Crippen molar-refractivity contribution in [3.63, 3.8) is 0 Å². The second-order valence-electron chi connectivity index (χ2n) is 11.7. The summed E-state index contributed by atoms with van der Waals surface area (Å²) in [6.07, 6.45) is 0. The minimum Gasteiger partial charge on any atom is -0.457 e. The van der Waals surface area contributed by atoms with Gasteiger partial charge in [0.15, 0.2) is 0 Å². The summed E-state index contributed by atoms with van der Waals surface area (Å²) < 4.78 is 67.2. The van der Waals surface area contributed by atoms with Gasteiger partial charge in [-0.2, -0.15) is 16.8 Å². The summed E-state index contributed by atoms with van der Waals surface area (Å²) in [4.78, 5) is 0.133. The van der Waals surface area contributed by atoms with Gasteiger partial charge in [-0.3, -0.25) is 0 Å². The quantitative estimate of drug-likeness (QED) is 0.194. The molecule has 0 saturated carbocycles. The van der Waals surface area contributed by atoms with E-state index in [-0.39, 0.29) is 32.1 Å². The van der Waals surface area contributed by atoms with E-state index < -0.39 is 20.2 Å². The van der Waals surface area contributed by atoms with Crippen molar-refractivity contribution in [3.05, 3.63) is 108 Å². The van der Waals surface area contributed by atoms with Gasteiger partial charge in [0.25, 0.3) is 0 Å². The van der Waals surface area contributed by atoms with E-state index in [2.05, 4.69) is 41.5 Å². The average Bonchev–Trinajstić information content (AvgIpc) is 2.90. The van der Waals surface area contributed by atoms with Gasteiger partial charge in [0.2, 0.25) is 0 Å². The van der Waals surface area contributed by atoms with Crippen molar-refractivity contribution in [2.24, 2.45) is 0 Å². The van der Waals surface area contributed by atoms with E-state index in [4.69, 9.17) is 13.1 Å². The molecule has 0 aliphatic carbocycles. The number of benzene rings is 4. The fourth-order valence-corrected chi connectivity index (χ4v) is 5.72. The first kappa shape index (κ1) is 30.1. The predicted octanol–water partition coefficient (Wildman–Crippen LogP) is 7.61. The molecular weight excluding hydrogens is 560 g/mol. The largest absolute Gasteiger partial charge is 0.457 e. The highest BCUT2D eigenvalue weighted by atomic mass is 32.2. The number of rotatable bonds is 8. The summed E-state index contributed by atoms with van der Waals surface area (Å²) >= 11 is 0. The molecule has 7 nitrogen and oxygen atoms in total. The third-order valence-corrected chi connectivity index (χ3v) is 8.84. The molecule has 0 N–H and O–H groups in total. The van der Waals surface area contributed by atoms with Crippen molar-refractivity contribution < 1.29 is 29.9 Å². The van der Waals surface area contributed by atoms with Gasteiger partial charge in [-0.25, -0.2) is 0 Å². The van der Waals surface area contributed by atoms with Gasteiger partial charge in [-0.1, -0.05) is 65.8 Å². The number of hydrogen-bond donors (Lipinski definition) is 0. The Balaban J connectivity index is 1.37. The number of ether oxygens (including phenoxy) is 1. The van der Waals surface area contributed by atoms with Gasteiger partial charge in [0.05, 0.1) is 0 Å². The summed E-state index contributed by atoms with van der Waals surface area (Å²) in [7, 11) is -8.00. The molecule has 0 aromatic heterocycles. The lowest BCUT2D eigenvalue weighted by Crippen LogP contribution is -2.13. The van der Waals surface area contributed by atoms with Crippen LogP contribution in [0.1, 0.15) is 52.7 Å². The second-order valence-corrected chi connectivity index (χ2v) is 14.8. The molecule has 4 aromatic rings. The normalized spacial score (nSPS) is 12.5.